The van der Waals surface area contributed by atoms with E-state index in [4.69, 9.17) is 5.73 Å². The lowest BCUT2D eigenvalue weighted by molar-refractivity contribution is -0.129. The van der Waals surface area contributed by atoms with Gasteiger partial charge < -0.3 is 16.0 Å². The number of carbonyl (C=O) groups excluding carboxylic acids is 1. The molecule has 3 heterocycles. The van der Waals surface area contributed by atoms with Gasteiger partial charge in [0.05, 0.1) is 13.0 Å². The molecular weight excluding hydrogens is 396 g/mol. The van der Waals surface area contributed by atoms with Crippen LogP contribution in [0, 0.1) is 0 Å². The Labute approximate surface area is 178 Å². The lowest BCUT2D eigenvalue weighted by Crippen LogP contribution is -2.32. The Balaban J connectivity index is 1.28. The van der Waals surface area contributed by atoms with E-state index in [1.54, 1.807) is 0 Å². The zero-order valence-electron chi connectivity index (χ0n) is 16.4. The monoisotopic (exact) mass is 418 g/mol. The van der Waals surface area contributed by atoms with Crippen LogP contribution >= 0.6 is 11.3 Å². The number of carbonyl (C=O) groups is 1. The molecule has 2 aliphatic heterocycles. The number of nitrogens with two attached hydrogens (primary N) is 1. The number of fused-ring (bicyclic) bond motifs is 1. The standard InChI is InChI=1S/C22H22N6OS/c23-18-6-7-28(13-18)20(29)9-14-2-1-3-15(8-14)21-26-27-22(30-21)25-19-5-4-16-11-24-12-17(16)10-19/h1-5,8,10,12,18H,6-7,9,11,13,23H2,(H,25,27). The number of hydrogen-bond donors (Lipinski definition) is 2. The molecule has 3 N–H and O–H groups in total. The molecule has 0 spiro atoms. The van der Waals surface area contributed by atoms with Crippen LogP contribution in [0.4, 0.5) is 10.8 Å². The first-order valence-corrected chi connectivity index (χ1v) is 10.8. The highest BCUT2D eigenvalue weighted by atomic mass is 32.1. The van der Waals surface area contributed by atoms with E-state index in [0.717, 1.165) is 52.0 Å². The van der Waals surface area contributed by atoms with Crippen LogP contribution in [0.1, 0.15) is 23.1 Å². The van der Waals surface area contributed by atoms with Crippen molar-refractivity contribution in [3.63, 3.8) is 0 Å². The molecule has 2 aliphatic rings. The molecule has 5 rings (SSSR count). The van der Waals surface area contributed by atoms with E-state index in [2.05, 4.69) is 32.6 Å². The molecule has 0 radical (unpaired) electrons. The third kappa shape index (κ3) is 3.96. The molecule has 2 aromatic carbocycles. The Morgan fingerprint density at radius 2 is 2.17 bits per heavy atom. The highest BCUT2D eigenvalue weighted by molar-refractivity contribution is 7.18. The SMILES string of the molecule is NC1CCN(C(=O)Cc2cccc(-c3nnc(Nc4ccc5c(c4)C=NC5)s3)c2)C1. The topological polar surface area (TPSA) is 96.5 Å². The van der Waals surface area contributed by atoms with Gasteiger partial charge in [0, 0.05) is 36.6 Å². The summed E-state index contributed by atoms with van der Waals surface area (Å²) in [4.78, 5) is 18.7. The first kappa shape index (κ1) is 18.9. The zero-order chi connectivity index (χ0) is 20.5. The Morgan fingerprint density at radius 1 is 1.23 bits per heavy atom. The fraction of sp³-hybridized carbons (Fsp3) is 0.273. The zero-order valence-corrected chi connectivity index (χ0v) is 17.2. The second-order valence-electron chi connectivity index (χ2n) is 7.69. The van der Waals surface area contributed by atoms with Crippen molar-refractivity contribution in [2.45, 2.75) is 25.4 Å². The normalized spacial score (nSPS) is 17.4. The highest BCUT2D eigenvalue weighted by Gasteiger charge is 2.23. The number of aromatic nitrogens is 2. The number of rotatable bonds is 5. The fourth-order valence-electron chi connectivity index (χ4n) is 3.81. The van der Waals surface area contributed by atoms with Crippen molar-refractivity contribution >= 4 is 34.3 Å². The molecular formula is C22H22N6OS. The predicted octanol–water partition coefficient (Wildman–Crippen LogP) is 2.98. The molecule has 30 heavy (non-hydrogen) atoms. The summed E-state index contributed by atoms with van der Waals surface area (Å²) in [6, 6.07) is 14.2. The van der Waals surface area contributed by atoms with E-state index in [1.165, 1.54) is 16.9 Å². The first-order chi connectivity index (χ1) is 14.6. The van der Waals surface area contributed by atoms with Crippen LogP contribution in [0.15, 0.2) is 47.5 Å². The number of amides is 1. The second-order valence-corrected chi connectivity index (χ2v) is 8.66. The number of nitrogens with zero attached hydrogens (tertiary/aromatic N) is 4. The molecule has 0 saturated carbocycles. The molecule has 1 saturated heterocycles. The Bertz CT molecular complexity index is 1120. The Kier molecular flexibility index (Phi) is 5.02. The summed E-state index contributed by atoms with van der Waals surface area (Å²) < 4.78 is 0. The van der Waals surface area contributed by atoms with Crippen LogP contribution in [0.5, 0.6) is 0 Å². The van der Waals surface area contributed by atoms with Crippen LogP contribution in [0.25, 0.3) is 10.6 Å². The van der Waals surface area contributed by atoms with Crippen LogP contribution in [-0.4, -0.2) is 46.4 Å². The van der Waals surface area contributed by atoms with Crippen molar-refractivity contribution in [2.24, 2.45) is 10.7 Å². The highest BCUT2D eigenvalue weighted by Crippen LogP contribution is 2.30. The summed E-state index contributed by atoms with van der Waals surface area (Å²) in [6.07, 6.45) is 3.15. The maximum Gasteiger partial charge on any atom is 0.227 e. The van der Waals surface area contributed by atoms with Crippen molar-refractivity contribution in [1.82, 2.24) is 15.1 Å². The van der Waals surface area contributed by atoms with E-state index >= 15 is 0 Å². The largest absolute Gasteiger partial charge is 0.341 e. The lowest BCUT2D eigenvalue weighted by atomic mass is 10.1. The van der Waals surface area contributed by atoms with Gasteiger partial charge in [0.1, 0.15) is 5.01 Å². The van der Waals surface area contributed by atoms with Gasteiger partial charge in [0.25, 0.3) is 0 Å². The summed E-state index contributed by atoms with van der Waals surface area (Å²) in [7, 11) is 0. The lowest BCUT2D eigenvalue weighted by Gasteiger charge is -2.15. The number of anilines is 2. The molecule has 1 fully saturated rings. The Hall–Kier alpha value is -3.10. The van der Waals surface area contributed by atoms with Gasteiger partial charge in [-0.25, -0.2) is 0 Å². The summed E-state index contributed by atoms with van der Waals surface area (Å²) in [5.41, 5.74) is 11.2. The Morgan fingerprint density at radius 3 is 3.03 bits per heavy atom. The maximum atomic E-state index is 12.5. The minimum atomic E-state index is 0.102. The average molecular weight is 419 g/mol. The van der Waals surface area contributed by atoms with Crippen LogP contribution in [0.3, 0.4) is 0 Å². The smallest absolute Gasteiger partial charge is 0.227 e. The molecule has 1 unspecified atom stereocenters. The third-order valence-corrected chi connectivity index (χ3v) is 6.31. The molecule has 0 aliphatic carbocycles. The molecule has 1 aromatic heterocycles. The van der Waals surface area contributed by atoms with Crippen molar-refractivity contribution in [3.05, 3.63) is 59.2 Å². The number of aliphatic imine (C=N–C) groups is 1. The minimum Gasteiger partial charge on any atom is -0.341 e. The van der Waals surface area contributed by atoms with Crippen molar-refractivity contribution in [3.8, 4) is 10.6 Å². The van der Waals surface area contributed by atoms with Crippen molar-refractivity contribution < 1.29 is 4.79 Å². The van der Waals surface area contributed by atoms with E-state index in [0.29, 0.717) is 13.0 Å². The fourth-order valence-corrected chi connectivity index (χ4v) is 4.57. The van der Waals surface area contributed by atoms with E-state index in [9.17, 15) is 4.79 Å². The van der Waals surface area contributed by atoms with Gasteiger partial charge in [-0.3, -0.25) is 9.79 Å². The summed E-state index contributed by atoms with van der Waals surface area (Å²) in [5.74, 6) is 0.125. The number of hydrogen-bond acceptors (Lipinski definition) is 7. The maximum absolute atomic E-state index is 12.5. The molecule has 3 aromatic rings. The van der Waals surface area contributed by atoms with E-state index in [-0.39, 0.29) is 11.9 Å². The van der Waals surface area contributed by atoms with Gasteiger partial charge in [-0.15, -0.1) is 10.2 Å². The molecule has 8 heteroatoms. The molecule has 152 valence electrons. The number of likely N-dealkylation sites (tertiary alicyclic amines) is 1. The quantitative estimate of drug-likeness (QED) is 0.664. The number of nitrogens with one attached hydrogen (secondary N) is 1. The van der Waals surface area contributed by atoms with E-state index in [1.807, 2.05) is 41.4 Å². The minimum absolute atomic E-state index is 0.102. The van der Waals surface area contributed by atoms with Gasteiger partial charge in [-0.05, 0) is 41.3 Å². The molecule has 0 bridgehead atoms. The third-order valence-electron chi connectivity index (χ3n) is 5.42. The second kappa shape index (κ2) is 7.97. The predicted molar refractivity (Wildman–Crippen MR) is 119 cm³/mol. The van der Waals surface area contributed by atoms with Crippen LogP contribution < -0.4 is 11.1 Å². The van der Waals surface area contributed by atoms with Crippen molar-refractivity contribution in [2.75, 3.05) is 18.4 Å². The van der Waals surface area contributed by atoms with E-state index < -0.39 is 0 Å². The van der Waals surface area contributed by atoms with Crippen LogP contribution in [0.2, 0.25) is 0 Å². The van der Waals surface area contributed by atoms with Gasteiger partial charge in [-0.2, -0.15) is 0 Å². The van der Waals surface area contributed by atoms with Gasteiger partial charge in [0.15, 0.2) is 0 Å². The summed E-state index contributed by atoms with van der Waals surface area (Å²) in [6.45, 7) is 2.15. The number of benzene rings is 2. The van der Waals surface area contributed by atoms with Gasteiger partial charge in [-0.1, -0.05) is 35.6 Å². The molecule has 1 atom stereocenters. The summed E-state index contributed by atoms with van der Waals surface area (Å²) in [5, 5.41) is 13.5. The van der Waals surface area contributed by atoms with Gasteiger partial charge >= 0.3 is 0 Å². The molecule has 1 amide bonds. The average Bonchev–Trinajstić information content (AvgIpc) is 3.49. The first-order valence-electron chi connectivity index (χ1n) is 10.00. The van der Waals surface area contributed by atoms with Crippen molar-refractivity contribution in [1.29, 1.82) is 0 Å². The molecule has 7 nitrogen and oxygen atoms in total. The summed E-state index contributed by atoms with van der Waals surface area (Å²) >= 11 is 1.49. The van der Waals surface area contributed by atoms with Gasteiger partial charge in [0.2, 0.25) is 11.0 Å². The van der Waals surface area contributed by atoms with Crippen LogP contribution in [-0.2, 0) is 17.8 Å².